The maximum atomic E-state index is 2.37. The van der Waals surface area contributed by atoms with Crippen LogP contribution in [0.25, 0.3) is 10.8 Å². The van der Waals surface area contributed by atoms with E-state index in [1.165, 1.54) is 46.2 Å². The van der Waals surface area contributed by atoms with Crippen molar-refractivity contribution in [3.8, 4) is 0 Å². The van der Waals surface area contributed by atoms with E-state index in [1.54, 1.807) is 5.57 Å². The van der Waals surface area contributed by atoms with Crippen LogP contribution in [0.3, 0.4) is 0 Å². The Hall–Kier alpha value is -1.60. The Morgan fingerprint density at radius 2 is 1.69 bits per heavy atom. The number of halogens is 2. The summed E-state index contributed by atoms with van der Waals surface area (Å²) in [4.78, 5) is 0. The van der Waals surface area contributed by atoms with Gasteiger partial charge in [-0.1, -0.05) is 49.7 Å². The van der Waals surface area contributed by atoms with E-state index in [0.29, 0.717) is 0 Å². The molecule has 4 heteroatoms. The predicted molar refractivity (Wildman–Crippen MR) is 117 cm³/mol. The van der Waals surface area contributed by atoms with E-state index in [9.17, 15) is 0 Å². The number of allylic oxidation sites excluding steroid dienone is 4. The van der Waals surface area contributed by atoms with E-state index >= 15 is 0 Å². The first-order chi connectivity index (χ1) is 12.8. The fourth-order valence-electron chi connectivity index (χ4n) is 3.86. The van der Waals surface area contributed by atoms with E-state index in [4.69, 9.17) is 0 Å². The molecule has 0 aromatic heterocycles. The quantitative estimate of drug-likeness (QED) is 0.298. The second kappa shape index (κ2) is 12.2. The molecule has 0 radical (unpaired) electrons. The molecule has 2 aliphatic rings. The summed E-state index contributed by atoms with van der Waals surface area (Å²) < 4.78 is 0. The molecule has 2 aliphatic carbocycles. The summed E-state index contributed by atoms with van der Waals surface area (Å²) in [6.07, 6.45) is 13.0. The van der Waals surface area contributed by atoms with Crippen LogP contribution in [-0.4, -0.2) is 0 Å². The first kappa shape index (κ1) is 25.4. The number of hydrogen-bond donors (Lipinski definition) is 0. The Balaban J connectivity index is 0.000000302. The van der Waals surface area contributed by atoms with E-state index < -0.39 is 0 Å². The average molecular weight is 442 g/mol. The third kappa shape index (κ3) is 6.19. The summed E-state index contributed by atoms with van der Waals surface area (Å²) >= 11 is 0. The Morgan fingerprint density at radius 1 is 0.966 bits per heavy atom. The molecule has 0 saturated heterocycles. The summed E-state index contributed by atoms with van der Waals surface area (Å²) in [7, 11) is 0.754. The zero-order chi connectivity index (χ0) is 17.8. The maximum Gasteiger partial charge on any atom is 4.00 e. The third-order valence-corrected chi connectivity index (χ3v) is 6.79. The number of rotatable bonds is 2. The fraction of sp³-hybridized carbons (Fsp3) is 0.200. The van der Waals surface area contributed by atoms with Gasteiger partial charge in [-0.3, -0.25) is 0 Å². The molecule has 0 amide bonds. The molecule has 1 fully saturated rings. The third-order valence-electron chi connectivity index (χ3n) is 5.25. The van der Waals surface area contributed by atoms with Gasteiger partial charge in [0.05, 0.1) is 0 Å². The van der Waals surface area contributed by atoms with Crippen LogP contribution in [0.5, 0.6) is 0 Å². The first-order valence-corrected chi connectivity index (χ1v) is 10.5. The van der Waals surface area contributed by atoms with Crippen LogP contribution >= 0.6 is 8.58 Å². The molecular weight excluding hydrogens is 417 g/mol. The van der Waals surface area contributed by atoms with Gasteiger partial charge in [-0.25, -0.2) is 18.1 Å². The molecule has 1 saturated carbocycles. The van der Waals surface area contributed by atoms with Gasteiger partial charge in [0.15, 0.2) is 0 Å². The van der Waals surface area contributed by atoms with Gasteiger partial charge in [-0.2, -0.15) is 0 Å². The van der Waals surface area contributed by atoms with Crippen LogP contribution in [0.1, 0.15) is 24.8 Å². The zero-order valence-electron chi connectivity index (χ0n) is 16.5. The van der Waals surface area contributed by atoms with Gasteiger partial charge >= 0.3 is 21.7 Å². The van der Waals surface area contributed by atoms with Crippen molar-refractivity contribution >= 4 is 30.0 Å². The fourth-order valence-corrected chi connectivity index (χ4v) is 5.14. The van der Waals surface area contributed by atoms with Gasteiger partial charge < -0.3 is 9.41 Å². The van der Waals surface area contributed by atoms with Gasteiger partial charge in [0.2, 0.25) is 0 Å². The minimum atomic E-state index is 0. The Labute approximate surface area is 189 Å². The number of fused-ring (bicyclic) bond motifs is 2. The van der Waals surface area contributed by atoms with E-state index in [2.05, 4.69) is 92.2 Å². The summed E-state index contributed by atoms with van der Waals surface area (Å²) in [5.41, 5.74) is 2.99. The largest absolute Gasteiger partial charge is 4.00 e. The maximum absolute atomic E-state index is 2.37. The number of hydrogen-bond acceptors (Lipinski definition) is 0. The van der Waals surface area contributed by atoms with E-state index in [0.717, 1.165) is 14.5 Å². The molecule has 0 nitrogen and oxygen atoms in total. The smallest absolute Gasteiger partial charge is 1.00 e. The normalized spacial score (nSPS) is 16.4. The number of benzene rings is 2. The Morgan fingerprint density at radius 3 is 2.45 bits per heavy atom. The van der Waals surface area contributed by atoms with Crippen molar-refractivity contribution in [3.05, 3.63) is 96.4 Å². The predicted octanol–water partition coefficient (Wildman–Crippen LogP) is -0.0111. The van der Waals surface area contributed by atoms with Gasteiger partial charge in [-0.15, -0.1) is 73.1 Å². The Bertz CT molecular complexity index is 944. The molecule has 3 aromatic rings. The van der Waals surface area contributed by atoms with Crippen molar-refractivity contribution in [2.24, 2.45) is 5.92 Å². The summed E-state index contributed by atoms with van der Waals surface area (Å²) in [5.74, 6) is 0.884. The average Bonchev–Trinajstić information content (AvgIpc) is 3.28. The molecule has 0 aliphatic heterocycles. The molecule has 3 aromatic carbocycles. The summed E-state index contributed by atoms with van der Waals surface area (Å²) in [5, 5.41) is 5.68. The van der Waals surface area contributed by atoms with Crippen LogP contribution < -0.4 is 20.0 Å². The van der Waals surface area contributed by atoms with Crippen LogP contribution in [0.2, 0.25) is 0 Å². The minimum absolute atomic E-state index is 0. The van der Waals surface area contributed by atoms with Crippen molar-refractivity contribution in [3.63, 3.8) is 0 Å². The molecular formula is C25H25F2PTi. The molecule has 2 unspecified atom stereocenters. The van der Waals surface area contributed by atoms with Crippen molar-refractivity contribution in [1.29, 1.82) is 0 Å². The zero-order valence-corrected chi connectivity index (χ0v) is 19.1. The van der Waals surface area contributed by atoms with E-state index in [1.807, 2.05) is 0 Å². The molecule has 29 heavy (non-hydrogen) atoms. The van der Waals surface area contributed by atoms with Gasteiger partial charge in [-0.05, 0) is 17.6 Å². The van der Waals surface area contributed by atoms with Gasteiger partial charge in [0, 0.05) is 0 Å². The number of aryl methyl sites for hydroxylation is 1. The molecule has 0 N–H and O–H groups in total. The Kier molecular flexibility index (Phi) is 10.7. The second-order valence-corrected chi connectivity index (χ2v) is 8.42. The molecule has 2 atom stereocenters. The summed E-state index contributed by atoms with van der Waals surface area (Å²) in [6, 6.07) is 21.7. The topological polar surface area (TPSA) is 0 Å². The standard InChI is InChI=1S/C16H14P.C9H11.2FH.Ti/c1-12-11-13-7-5-6-10-15(13)16(12)17-14-8-3-2-4-9-14;1-2-5-9-7-3-6-8(9)4-1;;;/h2-11,17H,1H3;1-2,4,6,9H,3,5,7H2;2*1H;/q2*-1;;;+4/p-2. The molecule has 0 bridgehead atoms. The molecule has 0 heterocycles. The van der Waals surface area contributed by atoms with Crippen molar-refractivity contribution < 1.29 is 31.1 Å². The molecule has 148 valence electrons. The van der Waals surface area contributed by atoms with Crippen molar-refractivity contribution in [2.75, 3.05) is 0 Å². The summed E-state index contributed by atoms with van der Waals surface area (Å²) in [6.45, 7) is 2.21. The van der Waals surface area contributed by atoms with Crippen LogP contribution in [0.15, 0.2) is 84.5 Å². The van der Waals surface area contributed by atoms with E-state index in [-0.39, 0.29) is 31.1 Å². The first-order valence-electron chi connectivity index (χ1n) is 9.48. The molecule has 0 spiro atoms. The van der Waals surface area contributed by atoms with Crippen LogP contribution in [0.4, 0.5) is 0 Å². The SMILES string of the molecule is C1=CCC2CC[CH-]C2=C1.Cc1[cH-]c2ccccc2c1Pc1ccccc1.[F-].[F-].[Ti+4]. The van der Waals surface area contributed by atoms with Crippen LogP contribution in [-0.2, 0) is 21.7 Å². The van der Waals surface area contributed by atoms with Crippen molar-refractivity contribution in [1.82, 2.24) is 0 Å². The van der Waals surface area contributed by atoms with Gasteiger partial charge in [0.1, 0.15) is 0 Å². The molecule has 5 rings (SSSR count). The monoisotopic (exact) mass is 442 g/mol. The second-order valence-electron chi connectivity index (χ2n) is 7.09. The minimum Gasteiger partial charge on any atom is -1.00 e. The van der Waals surface area contributed by atoms with Crippen molar-refractivity contribution in [2.45, 2.75) is 26.2 Å². The van der Waals surface area contributed by atoms with Crippen LogP contribution in [0, 0.1) is 19.3 Å². The van der Waals surface area contributed by atoms with Gasteiger partial charge in [0.25, 0.3) is 0 Å².